The van der Waals surface area contributed by atoms with Gasteiger partial charge in [0.25, 0.3) is 5.91 Å². The number of hydrogen-bond acceptors (Lipinski definition) is 3. The van der Waals surface area contributed by atoms with Gasteiger partial charge in [0.1, 0.15) is 5.78 Å². The summed E-state index contributed by atoms with van der Waals surface area (Å²) in [6.45, 7) is 5.87. The van der Waals surface area contributed by atoms with Crippen molar-refractivity contribution < 1.29 is 9.59 Å². The second-order valence-electron chi connectivity index (χ2n) is 3.69. The number of carbonyl (C=O) groups excluding carboxylic acids is 2. The van der Waals surface area contributed by atoms with Crippen molar-refractivity contribution >= 4 is 17.8 Å². The van der Waals surface area contributed by atoms with Crippen LogP contribution in [0.5, 0.6) is 0 Å². The fourth-order valence-electron chi connectivity index (χ4n) is 1.35. The molecule has 0 aromatic heterocycles. The molecule has 1 aromatic rings. The standard InChI is InChI=1S/C13H16N2O2.C2H6/c1-10(16)6-8-15-13(17)12-4-2-3-11(9-12)5-7-14;1-2/h2-5,7,9H,6,8,14H2,1H3,(H,15,17);1-2H3/b7-5-;. The minimum absolute atomic E-state index is 0.0603. The van der Waals surface area contributed by atoms with E-state index in [1.165, 1.54) is 13.1 Å². The Bertz CT molecular complexity index is 440. The summed E-state index contributed by atoms with van der Waals surface area (Å²) in [5.74, 6) is -0.122. The quantitative estimate of drug-likeness (QED) is 0.855. The fraction of sp³-hybridized carbons (Fsp3) is 0.333. The number of Topliss-reactive ketones (excluding diaryl/α,β-unsaturated/α-hetero) is 1. The summed E-state index contributed by atoms with van der Waals surface area (Å²) in [4.78, 5) is 22.4. The van der Waals surface area contributed by atoms with Crippen molar-refractivity contribution in [1.82, 2.24) is 5.32 Å². The van der Waals surface area contributed by atoms with Gasteiger partial charge in [0.05, 0.1) is 0 Å². The predicted octanol–water partition coefficient (Wildman–Crippen LogP) is 2.35. The third-order valence-corrected chi connectivity index (χ3v) is 2.20. The largest absolute Gasteiger partial charge is 0.405 e. The number of ketones is 1. The molecule has 3 N–H and O–H groups in total. The van der Waals surface area contributed by atoms with E-state index in [1.807, 2.05) is 19.9 Å². The van der Waals surface area contributed by atoms with Crippen LogP contribution in [0.2, 0.25) is 0 Å². The molecule has 104 valence electrons. The maximum absolute atomic E-state index is 11.7. The maximum atomic E-state index is 11.7. The minimum atomic E-state index is -0.182. The van der Waals surface area contributed by atoms with Gasteiger partial charge in [0, 0.05) is 18.5 Å². The van der Waals surface area contributed by atoms with Crippen LogP contribution in [0.25, 0.3) is 6.08 Å². The predicted molar refractivity (Wildman–Crippen MR) is 78.6 cm³/mol. The molecule has 0 atom stereocenters. The fourth-order valence-corrected chi connectivity index (χ4v) is 1.35. The van der Waals surface area contributed by atoms with Crippen LogP contribution >= 0.6 is 0 Å². The van der Waals surface area contributed by atoms with E-state index in [9.17, 15) is 9.59 Å². The molecule has 1 aromatic carbocycles. The Morgan fingerprint density at radius 3 is 2.58 bits per heavy atom. The second kappa shape index (κ2) is 9.88. The van der Waals surface area contributed by atoms with E-state index in [0.29, 0.717) is 18.5 Å². The molecular weight excluding hydrogens is 240 g/mol. The molecule has 4 heteroatoms. The normalized spacial score (nSPS) is 9.63. The molecule has 1 rings (SSSR count). The molecule has 0 radical (unpaired) electrons. The number of nitrogens with one attached hydrogen (secondary N) is 1. The van der Waals surface area contributed by atoms with Gasteiger partial charge in [0.2, 0.25) is 0 Å². The molecule has 0 unspecified atom stereocenters. The number of nitrogens with two attached hydrogens (primary N) is 1. The van der Waals surface area contributed by atoms with Crippen molar-refractivity contribution in [1.29, 1.82) is 0 Å². The van der Waals surface area contributed by atoms with Crippen molar-refractivity contribution in [3.63, 3.8) is 0 Å². The number of amides is 1. The average Bonchev–Trinajstić information content (AvgIpc) is 2.41. The lowest BCUT2D eigenvalue weighted by molar-refractivity contribution is -0.116. The van der Waals surface area contributed by atoms with Gasteiger partial charge in [-0.15, -0.1) is 0 Å². The molecule has 0 saturated heterocycles. The van der Waals surface area contributed by atoms with Crippen molar-refractivity contribution in [3.8, 4) is 0 Å². The highest BCUT2D eigenvalue weighted by atomic mass is 16.1. The molecule has 19 heavy (non-hydrogen) atoms. The first-order valence-electron chi connectivity index (χ1n) is 6.39. The monoisotopic (exact) mass is 262 g/mol. The molecule has 1 amide bonds. The van der Waals surface area contributed by atoms with E-state index in [-0.39, 0.29) is 11.7 Å². The van der Waals surface area contributed by atoms with Gasteiger partial charge in [-0.25, -0.2) is 0 Å². The highest BCUT2D eigenvalue weighted by molar-refractivity contribution is 5.95. The Morgan fingerprint density at radius 1 is 1.32 bits per heavy atom. The highest BCUT2D eigenvalue weighted by Crippen LogP contribution is 2.06. The lowest BCUT2D eigenvalue weighted by atomic mass is 10.1. The van der Waals surface area contributed by atoms with Crippen molar-refractivity contribution in [3.05, 3.63) is 41.6 Å². The number of carbonyl (C=O) groups is 2. The average molecular weight is 262 g/mol. The first kappa shape index (κ1) is 16.9. The molecule has 0 saturated carbocycles. The van der Waals surface area contributed by atoms with Crippen LogP contribution in [0.15, 0.2) is 30.5 Å². The van der Waals surface area contributed by atoms with E-state index < -0.39 is 0 Å². The van der Waals surface area contributed by atoms with E-state index >= 15 is 0 Å². The smallest absolute Gasteiger partial charge is 0.251 e. The molecule has 0 heterocycles. The highest BCUT2D eigenvalue weighted by Gasteiger charge is 2.05. The Balaban J connectivity index is 0.00000154. The van der Waals surface area contributed by atoms with Gasteiger partial charge in [-0.05, 0) is 36.9 Å². The Kier molecular flexibility index (Phi) is 8.79. The molecular formula is C15H22N2O2. The summed E-state index contributed by atoms with van der Waals surface area (Å²) < 4.78 is 0. The molecule has 0 spiro atoms. The van der Waals surface area contributed by atoms with Crippen LogP contribution in [-0.2, 0) is 4.79 Å². The lowest BCUT2D eigenvalue weighted by Gasteiger charge is -2.04. The van der Waals surface area contributed by atoms with E-state index in [1.54, 1.807) is 24.3 Å². The van der Waals surface area contributed by atoms with E-state index in [0.717, 1.165) is 5.56 Å². The summed E-state index contributed by atoms with van der Waals surface area (Å²) in [5.41, 5.74) is 6.71. The van der Waals surface area contributed by atoms with Gasteiger partial charge < -0.3 is 11.1 Å². The third kappa shape index (κ3) is 7.03. The second-order valence-corrected chi connectivity index (χ2v) is 3.69. The van der Waals surface area contributed by atoms with Crippen molar-refractivity contribution in [2.75, 3.05) is 6.54 Å². The Morgan fingerprint density at radius 2 is 2.00 bits per heavy atom. The Hall–Kier alpha value is -2.10. The van der Waals surface area contributed by atoms with Crippen LogP contribution in [0.4, 0.5) is 0 Å². The summed E-state index contributed by atoms with van der Waals surface area (Å²) in [5, 5.41) is 2.68. The van der Waals surface area contributed by atoms with Crippen molar-refractivity contribution in [2.24, 2.45) is 5.73 Å². The SMILES string of the molecule is CC.CC(=O)CCNC(=O)c1cccc(/C=C\N)c1. The van der Waals surface area contributed by atoms with Crippen molar-refractivity contribution in [2.45, 2.75) is 27.2 Å². The Labute approximate surface area is 114 Å². The van der Waals surface area contributed by atoms with Crippen LogP contribution in [0, 0.1) is 0 Å². The van der Waals surface area contributed by atoms with Crippen LogP contribution in [-0.4, -0.2) is 18.2 Å². The first-order valence-corrected chi connectivity index (χ1v) is 6.39. The molecule has 0 aliphatic heterocycles. The van der Waals surface area contributed by atoms with Crippen LogP contribution in [0.1, 0.15) is 43.1 Å². The van der Waals surface area contributed by atoms with Gasteiger partial charge in [-0.1, -0.05) is 26.0 Å². The summed E-state index contributed by atoms with van der Waals surface area (Å²) in [6, 6.07) is 7.11. The van der Waals surface area contributed by atoms with Gasteiger partial charge in [0.15, 0.2) is 0 Å². The summed E-state index contributed by atoms with van der Waals surface area (Å²) in [6.07, 6.45) is 3.49. The number of hydrogen-bond donors (Lipinski definition) is 2. The molecule has 4 nitrogen and oxygen atoms in total. The molecule has 0 aliphatic carbocycles. The van der Waals surface area contributed by atoms with Gasteiger partial charge >= 0.3 is 0 Å². The van der Waals surface area contributed by atoms with Crippen LogP contribution in [0.3, 0.4) is 0 Å². The minimum Gasteiger partial charge on any atom is -0.405 e. The first-order chi connectivity index (χ1) is 9.13. The molecule has 0 bridgehead atoms. The van der Waals surface area contributed by atoms with Crippen LogP contribution < -0.4 is 11.1 Å². The number of benzene rings is 1. The molecule has 0 aliphatic rings. The third-order valence-electron chi connectivity index (χ3n) is 2.20. The zero-order valence-corrected chi connectivity index (χ0v) is 11.8. The lowest BCUT2D eigenvalue weighted by Crippen LogP contribution is -2.25. The van der Waals surface area contributed by atoms with Gasteiger partial charge in [-0.2, -0.15) is 0 Å². The van der Waals surface area contributed by atoms with E-state index in [4.69, 9.17) is 5.73 Å². The summed E-state index contributed by atoms with van der Waals surface area (Å²) in [7, 11) is 0. The van der Waals surface area contributed by atoms with E-state index in [2.05, 4.69) is 5.32 Å². The topological polar surface area (TPSA) is 72.2 Å². The molecule has 0 fully saturated rings. The van der Waals surface area contributed by atoms with Gasteiger partial charge in [-0.3, -0.25) is 9.59 Å². The zero-order chi connectivity index (χ0) is 14.7. The summed E-state index contributed by atoms with van der Waals surface area (Å²) >= 11 is 0. The number of rotatable bonds is 5. The zero-order valence-electron chi connectivity index (χ0n) is 11.8. The maximum Gasteiger partial charge on any atom is 0.251 e.